The van der Waals surface area contributed by atoms with Crippen molar-refractivity contribution in [2.24, 2.45) is 0 Å². The highest BCUT2D eigenvalue weighted by atomic mass is 15.3. The molecule has 3 rings (SSSR count). The first-order valence-corrected chi connectivity index (χ1v) is 8.05. The van der Waals surface area contributed by atoms with Crippen molar-refractivity contribution in [3.05, 3.63) is 35.9 Å². The van der Waals surface area contributed by atoms with Gasteiger partial charge in [0, 0.05) is 25.2 Å². The zero-order chi connectivity index (χ0) is 13.8. The van der Waals surface area contributed by atoms with Crippen molar-refractivity contribution < 1.29 is 0 Å². The van der Waals surface area contributed by atoms with Crippen molar-refractivity contribution in [3.8, 4) is 0 Å². The number of hydrogen-bond donors (Lipinski definition) is 1. The van der Waals surface area contributed by atoms with Crippen molar-refractivity contribution in [1.82, 2.24) is 15.1 Å². The Kier molecular flexibility index (Phi) is 4.71. The molecular formula is C17H27N3. The lowest BCUT2D eigenvalue weighted by atomic mass is 10.1. The summed E-state index contributed by atoms with van der Waals surface area (Å²) in [5, 5.41) is 3.47. The topological polar surface area (TPSA) is 18.5 Å². The summed E-state index contributed by atoms with van der Waals surface area (Å²) in [6, 6.07) is 12.1. The highest BCUT2D eigenvalue weighted by Gasteiger charge is 2.30. The van der Waals surface area contributed by atoms with Gasteiger partial charge in [-0.25, -0.2) is 0 Å². The van der Waals surface area contributed by atoms with Gasteiger partial charge in [-0.3, -0.25) is 9.80 Å². The van der Waals surface area contributed by atoms with E-state index < -0.39 is 0 Å². The fourth-order valence-corrected chi connectivity index (χ4v) is 3.69. The third kappa shape index (κ3) is 3.22. The predicted octanol–water partition coefficient (Wildman–Crippen LogP) is 2.12. The molecule has 1 N–H and O–H groups in total. The molecule has 2 heterocycles. The molecule has 2 aliphatic rings. The third-order valence-electron chi connectivity index (χ3n) is 4.90. The Labute approximate surface area is 123 Å². The van der Waals surface area contributed by atoms with E-state index in [0.717, 1.165) is 12.6 Å². The van der Waals surface area contributed by atoms with Crippen molar-refractivity contribution >= 4 is 0 Å². The van der Waals surface area contributed by atoms with E-state index >= 15 is 0 Å². The van der Waals surface area contributed by atoms with E-state index in [1.807, 2.05) is 0 Å². The van der Waals surface area contributed by atoms with Crippen molar-refractivity contribution in [3.63, 3.8) is 0 Å². The highest BCUT2D eigenvalue weighted by molar-refractivity contribution is 5.19. The minimum Gasteiger partial charge on any atom is -0.312 e. The molecule has 20 heavy (non-hydrogen) atoms. The summed E-state index contributed by atoms with van der Waals surface area (Å²) in [5.41, 5.74) is 1.40. The summed E-state index contributed by atoms with van der Waals surface area (Å²) in [7, 11) is 2.08. The Morgan fingerprint density at radius 2 is 1.90 bits per heavy atom. The van der Waals surface area contributed by atoms with E-state index in [4.69, 9.17) is 0 Å². The summed E-state index contributed by atoms with van der Waals surface area (Å²) in [4.78, 5) is 5.34. The molecule has 1 aromatic carbocycles. The quantitative estimate of drug-likeness (QED) is 0.886. The molecule has 2 fully saturated rings. The van der Waals surface area contributed by atoms with Gasteiger partial charge in [0.05, 0.1) is 0 Å². The van der Waals surface area contributed by atoms with Crippen LogP contribution >= 0.6 is 0 Å². The molecule has 3 nitrogen and oxygen atoms in total. The van der Waals surface area contributed by atoms with Crippen LogP contribution in [0.25, 0.3) is 0 Å². The SMILES string of the molecule is CNC(CN1CCC(N2CCCC2)C1)c1ccccc1. The van der Waals surface area contributed by atoms with Gasteiger partial charge in [-0.2, -0.15) is 0 Å². The maximum Gasteiger partial charge on any atom is 0.0446 e. The van der Waals surface area contributed by atoms with Crippen LogP contribution in [0.3, 0.4) is 0 Å². The fraction of sp³-hybridized carbons (Fsp3) is 0.647. The van der Waals surface area contributed by atoms with Crippen LogP contribution in [0, 0.1) is 0 Å². The van der Waals surface area contributed by atoms with Gasteiger partial charge >= 0.3 is 0 Å². The van der Waals surface area contributed by atoms with E-state index in [9.17, 15) is 0 Å². The molecular weight excluding hydrogens is 246 g/mol. The van der Waals surface area contributed by atoms with Crippen LogP contribution in [-0.2, 0) is 0 Å². The minimum atomic E-state index is 0.452. The van der Waals surface area contributed by atoms with Crippen LogP contribution in [-0.4, -0.2) is 55.6 Å². The standard InChI is InChI=1S/C17H27N3/c1-18-17(15-7-3-2-4-8-15)14-19-12-9-16(13-19)20-10-5-6-11-20/h2-4,7-8,16-18H,5-6,9-14H2,1H3. The molecule has 0 saturated carbocycles. The average molecular weight is 273 g/mol. The van der Waals surface area contributed by atoms with Crippen LogP contribution in [0.5, 0.6) is 0 Å². The van der Waals surface area contributed by atoms with E-state index in [2.05, 4.69) is 52.5 Å². The molecule has 110 valence electrons. The van der Waals surface area contributed by atoms with E-state index in [1.165, 1.54) is 51.0 Å². The molecule has 0 spiro atoms. The number of likely N-dealkylation sites (tertiary alicyclic amines) is 2. The second kappa shape index (κ2) is 6.70. The number of likely N-dealkylation sites (N-methyl/N-ethyl adjacent to an activating group) is 1. The molecule has 0 radical (unpaired) electrons. The highest BCUT2D eigenvalue weighted by Crippen LogP contribution is 2.22. The third-order valence-corrected chi connectivity index (χ3v) is 4.90. The molecule has 0 amide bonds. The number of rotatable bonds is 5. The summed E-state index contributed by atoms with van der Waals surface area (Å²) >= 11 is 0. The van der Waals surface area contributed by atoms with Gasteiger partial charge in [0.1, 0.15) is 0 Å². The molecule has 2 saturated heterocycles. The first-order valence-electron chi connectivity index (χ1n) is 8.05. The lowest BCUT2D eigenvalue weighted by Crippen LogP contribution is -2.37. The fourth-order valence-electron chi connectivity index (χ4n) is 3.69. The largest absolute Gasteiger partial charge is 0.312 e. The first kappa shape index (κ1) is 14.1. The molecule has 0 aromatic heterocycles. The van der Waals surface area contributed by atoms with Crippen LogP contribution in [0.15, 0.2) is 30.3 Å². The Balaban J connectivity index is 1.55. The molecule has 3 heteroatoms. The zero-order valence-corrected chi connectivity index (χ0v) is 12.6. The zero-order valence-electron chi connectivity index (χ0n) is 12.6. The van der Waals surface area contributed by atoms with E-state index in [1.54, 1.807) is 0 Å². The average Bonchev–Trinajstić information content (AvgIpc) is 3.16. The molecule has 0 aliphatic carbocycles. The summed E-state index contributed by atoms with van der Waals surface area (Å²) < 4.78 is 0. The number of hydrogen-bond acceptors (Lipinski definition) is 3. The van der Waals surface area contributed by atoms with Crippen molar-refractivity contribution in [2.75, 3.05) is 39.8 Å². The maximum absolute atomic E-state index is 3.47. The number of nitrogens with one attached hydrogen (secondary N) is 1. The summed E-state index contributed by atoms with van der Waals surface area (Å²) in [5.74, 6) is 0. The Morgan fingerprint density at radius 1 is 1.15 bits per heavy atom. The molecule has 1 aromatic rings. The van der Waals surface area contributed by atoms with Crippen LogP contribution in [0.1, 0.15) is 30.9 Å². The summed E-state index contributed by atoms with van der Waals surface area (Å²) in [6.07, 6.45) is 4.16. The number of nitrogens with zero attached hydrogens (tertiary/aromatic N) is 2. The monoisotopic (exact) mass is 273 g/mol. The number of benzene rings is 1. The van der Waals surface area contributed by atoms with Gasteiger partial charge in [0.25, 0.3) is 0 Å². The minimum absolute atomic E-state index is 0.452. The van der Waals surface area contributed by atoms with Gasteiger partial charge in [-0.1, -0.05) is 30.3 Å². The van der Waals surface area contributed by atoms with Crippen LogP contribution in [0.2, 0.25) is 0 Å². The van der Waals surface area contributed by atoms with E-state index in [-0.39, 0.29) is 0 Å². The second-order valence-electron chi connectivity index (χ2n) is 6.20. The first-order chi connectivity index (χ1) is 9.86. The van der Waals surface area contributed by atoms with Crippen molar-refractivity contribution in [1.29, 1.82) is 0 Å². The molecule has 2 aliphatic heterocycles. The molecule has 2 unspecified atom stereocenters. The molecule has 0 bridgehead atoms. The van der Waals surface area contributed by atoms with Crippen LogP contribution in [0.4, 0.5) is 0 Å². The Hall–Kier alpha value is -0.900. The summed E-state index contributed by atoms with van der Waals surface area (Å²) in [6.45, 7) is 6.29. The molecule has 2 atom stereocenters. The second-order valence-corrected chi connectivity index (χ2v) is 6.20. The van der Waals surface area contributed by atoms with Gasteiger partial charge in [0.2, 0.25) is 0 Å². The normalized spacial score (nSPS) is 26.1. The lowest BCUT2D eigenvalue weighted by Gasteiger charge is -2.26. The van der Waals surface area contributed by atoms with Gasteiger partial charge < -0.3 is 5.32 Å². The Bertz CT molecular complexity index is 400. The van der Waals surface area contributed by atoms with Crippen LogP contribution < -0.4 is 5.32 Å². The van der Waals surface area contributed by atoms with Gasteiger partial charge in [-0.15, -0.1) is 0 Å². The Morgan fingerprint density at radius 3 is 2.60 bits per heavy atom. The smallest absolute Gasteiger partial charge is 0.0446 e. The lowest BCUT2D eigenvalue weighted by molar-refractivity contribution is 0.224. The maximum atomic E-state index is 3.47. The van der Waals surface area contributed by atoms with Gasteiger partial charge in [0.15, 0.2) is 0 Å². The van der Waals surface area contributed by atoms with Crippen molar-refractivity contribution in [2.45, 2.75) is 31.3 Å². The van der Waals surface area contributed by atoms with E-state index in [0.29, 0.717) is 6.04 Å². The predicted molar refractivity (Wildman–Crippen MR) is 83.9 cm³/mol. The van der Waals surface area contributed by atoms with Gasteiger partial charge in [-0.05, 0) is 51.5 Å².